The smallest absolute Gasteiger partial charge is 0.257 e. The lowest BCUT2D eigenvalue weighted by molar-refractivity contribution is 0.508. The van der Waals surface area contributed by atoms with Crippen LogP contribution in [0, 0.1) is 0 Å². The van der Waals surface area contributed by atoms with Crippen molar-refractivity contribution in [2.45, 2.75) is 36.2 Å². The summed E-state index contributed by atoms with van der Waals surface area (Å²) in [6.45, 7) is 2.02. The van der Waals surface area contributed by atoms with Crippen molar-refractivity contribution in [3.05, 3.63) is 23.4 Å². The third-order valence-electron chi connectivity index (χ3n) is 3.16. The third kappa shape index (κ3) is 2.58. The van der Waals surface area contributed by atoms with Gasteiger partial charge in [-0.3, -0.25) is 0 Å². The SMILES string of the molecule is CC(Sc1nnnn1C1CC1)c1nnc(-c2cccs2)o1. The second kappa shape index (κ2) is 5.23. The van der Waals surface area contributed by atoms with E-state index in [9.17, 15) is 0 Å². The third-order valence-corrected chi connectivity index (χ3v) is 5.05. The standard InChI is InChI=1S/C12H12N6OS2/c1-7(21-12-15-16-17-18(12)8-4-5-8)10-13-14-11(19-10)9-3-2-6-20-9/h2-3,6-8H,4-5H2,1H3. The molecule has 0 spiro atoms. The number of rotatable bonds is 5. The molecule has 1 saturated carbocycles. The molecular formula is C12H12N6OS2. The van der Waals surface area contributed by atoms with E-state index in [-0.39, 0.29) is 5.25 Å². The Labute approximate surface area is 128 Å². The molecule has 1 atom stereocenters. The Balaban J connectivity index is 1.52. The molecule has 0 bridgehead atoms. The fraction of sp³-hybridized carbons (Fsp3) is 0.417. The van der Waals surface area contributed by atoms with Crippen molar-refractivity contribution in [3.8, 4) is 10.8 Å². The largest absolute Gasteiger partial charge is 0.419 e. The van der Waals surface area contributed by atoms with Crippen molar-refractivity contribution in [2.24, 2.45) is 0 Å². The molecule has 0 N–H and O–H groups in total. The normalized spacial score (nSPS) is 16.2. The molecule has 0 aliphatic heterocycles. The first-order valence-electron chi connectivity index (χ1n) is 6.63. The second-order valence-corrected chi connectivity index (χ2v) is 7.08. The molecule has 3 heterocycles. The average molecular weight is 320 g/mol. The van der Waals surface area contributed by atoms with E-state index >= 15 is 0 Å². The minimum atomic E-state index is 0.00899. The Bertz CT molecular complexity index is 733. The highest BCUT2D eigenvalue weighted by molar-refractivity contribution is 7.99. The summed E-state index contributed by atoms with van der Waals surface area (Å²) in [6, 6.07) is 4.39. The Kier molecular flexibility index (Phi) is 3.23. The van der Waals surface area contributed by atoms with Crippen LogP contribution in [0.15, 0.2) is 27.1 Å². The number of tetrazole rings is 1. The second-order valence-electron chi connectivity index (χ2n) is 4.82. The highest BCUT2D eigenvalue weighted by atomic mass is 32.2. The topological polar surface area (TPSA) is 82.5 Å². The van der Waals surface area contributed by atoms with Crippen molar-refractivity contribution in [3.63, 3.8) is 0 Å². The van der Waals surface area contributed by atoms with E-state index in [1.807, 2.05) is 29.1 Å². The predicted octanol–water partition coefficient (Wildman–Crippen LogP) is 2.97. The zero-order chi connectivity index (χ0) is 14.2. The summed E-state index contributed by atoms with van der Waals surface area (Å²) in [7, 11) is 0. The van der Waals surface area contributed by atoms with Crippen LogP contribution in [0.3, 0.4) is 0 Å². The lowest BCUT2D eigenvalue weighted by Crippen LogP contribution is -2.00. The van der Waals surface area contributed by atoms with Gasteiger partial charge in [0.2, 0.25) is 11.0 Å². The molecule has 0 amide bonds. The summed E-state index contributed by atoms with van der Waals surface area (Å²) < 4.78 is 7.63. The summed E-state index contributed by atoms with van der Waals surface area (Å²) in [5, 5.41) is 22.9. The molecule has 1 aliphatic carbocycles. The Morgan fingerprint density at radius 3 is 3.05 bits per heavy atom. The van der Waals surface area contributed by atoms with Crippen LogP contribution in [-0.2, 0) is 0 Å². The highest BCUT2D eigenvalue weighted by Gasteiger charge is 2.29. The summed E-state index contributed by atoms with van der Waals surface area (Å²) in [5.41, 5.74) is 0. The van der Waals surface area contributed by atoms with Gasteiger partial charge in [-0.2, -0.15) is 0 Å². The van der Waals surface area contributed by atoms with Crippen LogP contribution < -0.4 is 0 Å². The van der Waals surface area contributed by atoms with Crippen LogP contribution in [0.25, 0.3) is 10.8 Å². The number of hydrogen-bond acceptors (Lipinski definition) is 8. The molecule has 1 fully saturated rings. The average Bonchev–Trinajstić information content (AvgIpc) is 2.94. The van der Waals surface area contributed by atoms with E-state index in [2.05, 4.69) is 25.7 Å². The molecule has 0 saturated heterocycles. The maximum absolute atomic E-state index is 5.74. The van der Waals surface area contributed by atoms with E-state index in [0.717, 1.165) is 22.9 Å². The van der Waals surface area contributed by atoms with E-state index in [1.165, 1.54) is 0 Å². The van der Waals surface area contributed by atoms with E-state index in [0.29, 0.717) is 17.8 Å². The fourth-order valence-electron chi connectivity index (χ4n) is 1.92. The molecule has 4 rings (SSSR count). The van der Waals surface area contributed by atoms with Crippen LogP contribution in [0.1, 0.15) is 36.9 Å². The zero-order valence-corrected chi connectivity index (χ0v) is 12.8. The Morgan fingerprint density at radius 1 is 1.38 bits per heavy atom. The maximum Gasteiger partial charge on any atom is 0.257 e. The molecule has 1 unspecified atom stereocenters. The van der Waals surface area contributed by atoms with Crippen molar-refractivity contribution in [1.29, 1.82) is 0 Å². The van der Waals surface area contributed by atoms with Gasteiger partial charge in [0.15, 0.2) is 0 Å². The zero-order valence-electron chi connectivity index (χ0n) is 11.2. The summed E-state index contributed by atoms with van der Waals surface area (Å²) in [5.74, 6) is 1.16. The Hall–Kier alpha value is -1.74. The molecule has 9 heteroatoms. The molecule has 7 nitrogen and oxygen atoms in total. The van der Waals surface area contributed by atoms with Gasteiger partial charge >= 0.3 is 0 Å². The molecule has 1 aliphatic rings. The summed E-state index contributed by atoms with van der Waals surface area (Å²) >= 11 is 3.12. The quantitative estimate of drug-likeness (QED) is 0.668. The predicted molar refractivity (Wildman–Crippen MR) is 78.0 cm³/mol. The Morgan fingerprint density at radius 2 is 2.29 bits per heavy atom. The van der Waals surface area contributed by atoms with E-state index in [1.54, 1.807) is 23.1 Å². The van der Waals surface area contributed by atoms with E-state index in [4.69, 9.17) is 4.42 Å². The maximum atomic E-state index is 5.74. The number of aromatic nitrogens is 6. The van der Waals surface area contributed by atoms with Gasteiger partial charge in [-0.15, -0.1) is 26.6 Å². The minimum absolute atomic E-state index is 0.00899. The van der Waals surface area contributed by atoms with Crippen molar-refractivity contribution in [2.75, 3.05) is 0 Å². The number of nitrogens with zero attached hydrogens (tertiary/aromatic N) is 6. The number of hydrogen-bond donors (Lipinski definition) is 0. The monoisotopic (exact) mass is 320 g/mol. The minimum Gasteiger partial charge on any atom is -0.419 e. The lowest BCUT2D eigenvalue weighted by atomic mass is 10.5. The summed E-state index contributed by atoms with van der Waals surface area (Å²) in [4.78, 5) is 0.980. The summed E-state index contributed by atoms with van der Waals surface area (Å²) in [6.07, 6.45) is 2.30. The van der Waals surface area contributed by atoms with Crippen LogP contribution >= 0.6 is 23.1 Å². The van der Waals surface area contributed by atoms with Crippen LogP contribution in [0.2, 0.25) is 0 Å². The molecule has 3 aromatic rings. The molecule has 0 aromatic carbocycles. The lowest BCUT2D eigenvalue weighted by Gasteiger charge is -2.05. The first-order valence-corrected chi connectivity index (χ1v) is 8.39. The first-order chi connectivity index (χ1) is 10.3. The molecule has 21 heavy (non-hydrogen) atoms. The van der Waals surface area contributed by atoms with Crippen molar-refractivity contribution in [1.82, 2.24) is 30.4 Å². The van der Waals surface area contributed by atoms with Gasteiger partial charge in [-0.05, 0) is 41.6 Å². The van der Waals surface area contributed by atoms with Gasteiger partial charge in [-0.1, -0.05) is 17.8 Å². The molecule has 0 radical (unpaired) electrons. The van der Waals surface area contributed by atoms with Crippen LogP contribution in [0.4, 0.5) is 0 Å². The van der Waals surface area contributed by atoms with Gasteiger partial charge in [-0.25, -0.2) is 4.68 Å². The molecule has 3 aromatic heterocycles. The molecule has 108 valence electrons. The van der Waals surface area contributed by atoms with E-state index < -0.39 is 0 Å². The van der Waals surface area contributed by atoms with Gasteiger partial charge in [0.05, 0.1) is 16.2 Å². The number of thiophene rings is 1. The van der Waals surface area contributed by atoms with Crippen LogP contribution in [0.5, 0.6) is 0 Å². The van der Waals surface area contributed by atoms with Crippen LogP contribution in [-0.4, -0.2) is 30.4 Å². The number of thioether (sulfide) groups is 1. The first kappa shape index (κ1) is 13.0. The van der Waals surface area contributed by atoms with Crippen molar-refractivity contribution < 1.29 is 4.42 Å². The molecular weight excluding hydrogens is 308 g/mol. The van der Waals surface area contributed by atoms with Gasteiger partial charge in [0.25, 0.3) is 5.89 Å². The van der Waals surface area contributed by atoms with Gasteiger partial charge < -0.3 is 4.42 Å². The fourth-order valence-corrected chi connectivity index (χ4v) is 3.45. The van der Waals surface area contributed by atoms with Crippen molar-refractivity contribution >= 4 is 23.1 Å². The van der Waals surface area contributed by atoms with Gasteiger partial charge in [0.1, 0.15) is 0 Å². The van der Waals surface area contributed by atoms with Gasteiger partial charge in [0, 0.05) is 0 Å². The highest BCUT2D eigenvalue weighted by Crippen LogP contribution is 2.40.